The van der Waals surface area contributed by atoms with Crippen molar-refractivity contribution in [1.82, 2.24) is 9.97 Å². The molecule has 0 saturated carbocycles. The highest BCUT2D eigenvalue weighted by Crippen LogP contribution is 2.41. The quantitative estimate of drug-likeness (QED) is 0.217. The molecule has 0 aliphatic heterocycles. The molecule has 0 saturated heterocycles. The molecule has 0 unspecified atom stereocenters. The number of hydrogen-bond acceptors (Lipinski definition) is 3. The van der Waals surface area contributed by atoms with Gasteiger partial charge in [-0.05, 0) is 36.1 Å². The molecule has 4 nitrogen and oxygen atoms in total. The molecule has 0 amide bonds. The summed E-state index contributed by atoms with van der Waals surface area (Å²) in [6, 6.07) is 23.6. The summed E-state index contributed by atoms with van der Waals surface area (Å²) in [7, 11) is 2.11. The third kappa shape index (κ3) is 4.28. The SMILES string of the molecule is Cc1ccc2c(oc3c(-c4nc(C(C)(C)C)cc(C(C)(C)C)n4)cccc32)c1-c1cc2ccccc2c[n+]1C. The summed E-state index contributed by atoms with van der Waals surface area (Å²) in [5.74, 6) is 0.714. The number of para-hydroxylation sites is 1. The Morgan fingerprint density at radius 1 is 0.692 bits per heavy atom. The van der Waals surface area contributed by atoms with Crippen molar-refractivity contribution >= 4 is 32.7 Å². The largest absolute Gasteiger partial charge is 0.454 e. The lowest BCUT2D eigenvalue weighted by Crippen LogP contribution is -2.30. The molecule has 196 valence electrons. The van der Waals surface area contributed by atoms with Crippen LogP contribution in [0.25, 0.3) is 55.4 Å². The molecule has 0 spiro atoms. The van der Waals surface area contributed by atoms with Gasteiger partial charge in [-0.1, -0.05) is 84.0 Å². The molecular formula is C35H36N3O+. The van der Waals surface area contributed by atoms with E-state index in [1.54, 1.807) is 0 Å². The summed E-state index contributed by atoms with van der Waals surface area (Å²) in [6.07, 6.45) is 2.19. The van der Waals surface area contributed by atoms with Gasteiger partial charge in [-0.15, -0.1) is 0 Å². The lowest BCUT2D eigenvalue weighted by atomic mass is 9.86. The Morgan fingerprint density at radius 2 is 1.33 bits per heavy atom. The molecular weight excluding hydrogens is 478 g/mol. The monoisotopic (exact) mass is 514 g/mol. The van der Waals surface area contributed by atoms with Crippen molar-refractivity contribution in [2.24, 2.45) is 7.05 Å². The highest BCUT2D eigenvalue weighted by atomic mass is 16.3. The van der Waals surface area contributed by atoms with Gasteiger partial charge >= 0.3 is 0 Å². The van der Waals surface area contributed by atoms with Crippen molar-refractivity contribution in [2.75, 3.05) is 0 Å². The van der Waals surface area contributed by atoms with Gasteiger partial charge in [0.1, 0.15) is 18.2 Å². The van der Waals surface area contributed by atoms with E-state index in [9.17, 15) is 0 Å². The second-order valence-corrected chi connectivity index (χ2v) is 12.8. The second kappa shape index (κ2) is 8.74. The molecule has 3 aromatic heterocycles. The number of hydrogen-bond donors (Lipinski definition) is 0. The van der Waals surface area contributed by atoms with Gasteiger partial charge in [0.15, 0.2) is 12.0 Å². The van der Waals surface area contributed by atoms with Crippen molar-refractivity contribution in [3.63, 3.8) is 0 Å². The summed E-state index contributed by atoms with van der Waals surface area (Å²) < 4.78 is 9.03. The molecule has 0 bridgehead atoms. The maximum atomic E-state index is 6.83. The third-order valence-corrected chi connectivity index (χ3v) is 7.64. The van der Waals surface area contributed by atoms with Gasteiger partial charge in [0.2, 0.25) is 5.69 Å². The van der Waals surface area contributed by atoms with Crippen molar-refractivity contribution in [3.8, 4) is 22.6 Å². The summed E-state index contributed by atoms with van der Waals surface area (Å²) in [4.78, 5) is 10.2. The van der Waals surface area contributed by atoms with Gasteiger partial charge in [0.05, 0.1) is 22.5 Å². The Kier molecular flexibility index (Phi) is 5.65. The molecule has 3 heterocycles. The zero-order chi connectivity index (χ0) is 27.7. The summed E-state index contributed by atoms with van der Waals surface area (Å²) in [6.45, 7) is 15.4. The lowest BCUT2D eigenvalue weighted by molar-refractivity contribution is -0.659. The number of nitrogens with zero attached hydrogens (tertiary/aromatic N) is 3. The van der Waals surface area contributed by atoms with Crippen LogP contribution in [0.5, 0.6) is 0 Å². The van der Waals surface area contributed by atoms with Gasteiger partial charge in [0.25, 0.3) is 0 Å². The van der Waals surface area contributed by atoms with E-state index in [2.05, 4.69) is 133 Å². The summed E-state index contributed by atoms with van der Waals surface area (Å²) in [5, 5.41) is 4.60. The number of rotatable bonds is 2. The van der Waals surface area contributed by atoms with E-state index >= 15 is 0 Å². The van der Waals surface area contributed by atoms with E-state index in [1.165, 1.54) is 16.3 Å². The van der Waals surface area contributed by atoms with Crippen molar-refractivity contribution in [1.29, 1.82) is 0 Å². The first-order chi connectivity index (χ1) is 18.4. The number of fused-ring (bicyclic) bond motifs is 4. The molecule has 0 atom stereocenters. The predicted octanol–water partition coefficient (Wildman–Crippen LogP) is 8.59. The first-order valence-corrected chi connectivity index (χ1v) is 13.7. The van der Waals surface area contributed by atoms with Crippen LogP contribution in [0.15, 0.2) is 77.3 Å². The van der Waals surface area contributed by atoms with E-state index in [4.69, 9.17) is 14.4 Å². The van der Waals surface area contributed by atoms with Gasteiger partial charge in [-0.25, -0.2) is 14.5 Å². The Hall–Kier alpha value is -4.05. The number of pyridine rings is 1. The number of furan rings is 1. The molecule has 6 aromatic rings. The van der Waals surface area contributed by atoms with E-state index in [1.807, 2.05) is 0 Å². The third-order valence-electron chi connectivity index (χ3n) is 7.64. The van der Waals surface area contributed by atoms with Crippen LogP contribution in [0.2, 0.25) is 0 Å². The number of aryl methyl sites for hydroxylation is 2. The van der Waals surface area contributed by atoms with Gasteiger partial charge in [-0.3, -0.25) is 0 Å². The van der Waals surface area contributed by atoms with Gasteiger partial charge in [-0.2, -0.15) is 0 Å². The highest BCUT2D eigenvalue weighted by molar-refractivity contribution is 6.13. The molecule has 0 fully saturated rings. The van der Waals surface area contributed by atoms with Gasteiger partial charge < -0.3 is 4.42 Å². The molecule has 0 aliphatic carbocycles. The van der Waals surface area contributed by atoms with Crippen LogP contribution >= 0.6 is 0 Å². The smallest absolute Gasteiger partial charge is 0.216 e. The van der Waals surface area contributed by atoms with E-state index < -0.39 is 0 Å². The standard InChI is InChI=1S/C35H36N3O/c1-21-16-17-25-24-14-11-15-26(33-36-28(34(2,3)4)19-29(37-33)35(5,6)7)31(24)39-32(25)30(21)27-18-22-12-9-10-13-23(22)20-38(27)8/h9-20H,1-8H3/q+1. The van der Waals surface area contributed by atoms with Crippen LogP contribution in [0.3, 0.4) is 0 Å². The van der Waals surface area contributed by atoms with E-state index in [0.717, 1.165) is 50.1 Å². The van der Waals surface area contributed by atoms with Crippen LogP contribution in [0.4, 0.5) is 0 Å². The van der Waals surface area contributed by atoms with Crippen LogP contribution in [-0.2, 0) is 17.9 Å². The number of benzene rings is 3. The number of aromatic nitrogens is 3. The minimum Gasteiger partial charge on any atom is -0.454 e. The summed E-state index contributed by atoms with van der Waals surface area (Å²) in [5.41, 5.74) is 7.92. The Bertz CT molecular complexity index is 1870. The zero-order valence-corrected chi connectivity index (χ0v) is 24.2. The average molecular weight is 515 g/mol. The maximum absolute atomic E-state index is 6.83. The van der Waals surface area contributed by atoms with Crippen LogP contribution < -0.4 is 4.57 Å². The molecule has 0 radical (unpaired) electrons. The Labute approximate surface area is 230 Å². The second-order valence-electron chi connectivity index (χ2n) is 12.8. The van der Waals surface area contributed by atoms with Crippen LogP contribution in [0.1, 0.15) is 58.5 Å². The van der Waals surface area contributed by atoms with E-state index in [-0.39, 0.29) is 10.8 Å². The van der Waals surface area contributed by atoms with Crippen LogP contribution in [-0.4, -0.2) is 9.97 Å². The molecule has 39 heavy (non-hydrogen) atoms. The molecule has 6 rings (SSSR count). The fourth-order valence-electron chi connectivity index (χ4n) is 5.33. The van der Waals surface area contributed by atoms with Crippen molar-refractivity contribution < 1.29 is 8.98 Å². The van der Waals surface area contributed by atoms with Crippen LogP contribution in [0, 0.1) is 6.92 Å². The van der Waals surface area contributed by atoms with Crippen molar-refractivity contribution in [2.45, 2.75) is 59.3 Å². The minimum atomic E-state index is -0.103. The first kappa shape index (κ1) is 25.2. The van der Waals surface area contributed by atoms with Crippen molar-refractivity contribution in [3.05, 3.63) is 89.9 Å². The minimum absolute atomic E-state index is 0.103. The molecule has 4 heteroatoms. The molecule has 0 aliphatic rings. The average Bonchev–Trinajstić information content (AvgIpc) is 3.26. The Balaban J connectivity index is 1.65. The van der Waals surface area contributed by atoms with Gasteiger partial charge in [0, 0.05) is 33.1 Å². The first-order valence-electron chi connectivity index (χ1n) is 13.7. The Morgan fingerprint density at radius 3 is 2.00 bits per heavy atom. The molecule has 0 N–H and O–H groups in total. The molecule has 3 aromatic carbocycles. The summed E-state index contributed by atoms with van der Waals surface area (Å²) >= 11 is 0. The fraction of sp³-hybridized carbons (Fsp3) is 0.286. The normalized spacial score (nSPS) is 12.6. The maximum Gasteiger partial charge on any atom is 0.216 e. The zero-order valence-electron chi connectivity index (χ0n) is 24.2. The fourth-order valence-corrected chi connectivity index (χ4v) is 5.33. The highest BCUT2D eigenvalue weighted by Gasteiger charge is 2.26. The predicted molar refractivity (Wildman–Crippen MR) is 161 cm³/mol. The lowest BCUT2D eigenvalue weighted by Gasteiger charge is -2.24. The topological polar surface area (TPSA) is 42.8 Å². The van der Waals surface area contributed by atoms with E-state index in [0.29, 0.717) is 5.82 Å².